The van der Waals surface area contributed by atoms with Crippen molar-refractivity contribution >= 4 is 34.4 Å². The maximum absolute atomic E-state index is 12.8. The zero-order valence-corrected chi connectivity index (χ0v) is 18.5. The Balaban J connectivity index is 2.26. The molecule has 174 valence electrons. The van der Waals surface area contributed by atoms with Gasteiger partial charge < -0.3 is 31.4 Å². The molecule has 1 atom stereocenters. The molecule has 6 N–H and O–H groups in total. The lowest BCUT2D eigenvalue weighted by atomic mass is 10.1. The molecule has 0 aliphatic heterocycles. The highest BCUT2D eigenvalue weighted by atomic mass is 16.4. The third kappa shape index (κ3) is 6.55. The summed E-state index contributed by atoms with van der Waals surface area (Å²) < 4.78 is 5.39. The SMILES string of the molecule is CCN(CC)c1ccc2cc(C(=O)NC(CCCCN)C(=O)NCC(N)=O)c(=O)oc2c1. The highest BCUT2D eigenvalue weighted by Crippen LogP contribution is 2.22. The van der Waals surface area contributed by atoms with E-state index in [1.807, 2.05) is 19.9 Å². The van der Waals surface area contributed by atoms with Crippen LogP contribution in [-0.2, 0) is 9.59 Å². The van der Waals surface area contributed by atoms with Crippen LogP contribution in [0.5, 0.6) is 0 Å². The first-order valence-corrected chi connectivity index (χ1v) is 10.7. The van der Waals surface area contributed by atoms with Crippen LogP contribution in [0, 0.1) is 0 Å². The molecule has 32 heavy (non-hydrogen) atoms. The van der Waals surface area contributed by atoms with Gasteiger partial charge in [-0.25, -0.2) is 4.79 Å². The molecule has 0 radical (unpaired) electrons. The van der Waals surface area contributed by atoms with E-state index in [-0.39, 0.29) is 12.1 Å². The predicted octanol–water partition coefficient (Wildman–Crippen LogP) is 0.468. The van der Waals surface area contributed by atoms with Crippen molar-refractivity contribution < 1.29 is 18.8 Å². The summed E-state index contributed by atoms with van der Waals surface area (Å²) in [6, 6.07) is 5.93. The molecule has 0 aliphatic carbocycles. The molecule has 0 aliphatic rings. The van der Waals surface area contributed by atoms with E-state index in [0.29, 0.717) is 36.8 Å². The number of amides is 3. The van der Waals surface area contributed by atoms with E-state index in [1.54, 1.807) is 12.1 Å². The topological polar surface area (TPSA) is 161 Å². The van der Waals surface area contributed by atoms with E-state index in [2.05, 4.69) is 15.5 Å². The minimum absolute atomic E-state index is 0.209. The summed E-state index contributed by atoms with van der Waals surface area (Å²) in [5, 5.41) is 5.52. The third-order valence-electron chi connectivity index (χ3n) is 5.10. The number of rotatable bonds is 12. The van der Waals surface area contributed by atoms with Crippen LogP contribution in [0.2, 0.25) is 0 Å². The molecule has 1 unspecified atom stereocenters. The van der Waals surface area contributed by atoms with Crippen molar-refractivity contribution in [2.45, 2.75) is 39.2 Å². The average Bonchev–Trinajstić information content (AvgIpc) is 2.77. The van der Waals surface area contributed by atoms with Gasteiger partial charge in [0.2, 0.25) is 11.8 Å². The average molecular weight is 446 g/mol. The summed E-state index contributed by atoms with van der Waals surface area (Å²) >= 11 is 0. The summed E-state index contributed by atoms with van der Waals surface area (Å²) in [6.07, 6.45) is 1.52. The number of carbonyl (C=O) groups is 3. The second-order valence-corrected chi connectivity index (χ2v) is 7.34. The molecule has 1 aromatic heterocycles. The molecular weight excluding hydrogens is 414 g/mol. The lowest BCUT2D eigenvalue weighted by molar-refractivity contribution is -0.126. The number of nitrogens with two attached hydrogens (primary N) is 2. The van der Waals surface area contributed by atoms with Gasteiger partial charge in [-0.1, -0.05) is 0 Å². The van der Waals surface area contributed by atoms with E-state index in [1.165, 1.54) is 6.07 Å². The monoisotopic (exact) mass is 445 g/mol. The lowest BCUT2D eigenvalue weighted by Crippen LogP contribution is -2.49. The standard InChI is InChI=1S/C22H31N5O5/c1-3-27(4-2)15-9-8-14-11-16(22(31)32-18(14)12-15)20(29)26-17(7-5-6-10-23)21(30)25-13-19(24)28/h8-9,11-12,17H,3-7,10,13,23H2,1-2H3,(H2,24,28)(H,25,30)(H,26,29). The Bertz CT molecular complexity index is 1020. The second kappa shape index (κ2) is 11.8. The van der Waals surface area contributed by atoms with Gasteiger partial charge in [0.25, 0.3) is 5.91 Å². The third-order valence-corrected chi connectivity index (χ3v) is 5.10. The molecule has 0 saturated heterocycles. The molecule has 10 nitrogen and oxygen atoms in total. The number of nitrogens with one attached hydrogen (secondary N) is 2. The van der Waals surface area contributed by atoms with Crippen LogP contribution >= 0.6 is 0 Å². The fourth-order valence-electron chi connectivity index (χ4n) is 3.34. The Morgan fingerprint density at radius 3 is 2.47 bits per heavy atom. The normalized spacial score (nSPS) is 11.7. The van der Waals surface area contributed by atoms with Crippen LogP contribution in [0.4, 0.5) is 5.69 Å². The fraction of sp³-hybridized carbons (Fsp3) is 0.455. The Hall–Kier alpha value is -3.40. The first-order valence-electron chi connectivity index (χ1n) is 10.7. The van der Waals surface area contributed by atoms with Crippen LogP contribution in [0.15, 0.2) is 33.5 Å². The summed E-state index contributed by atoms with van der Waals surface area (Å²) in [7, 11) is 0. The molecule has 0 bridgehead atoms. The minimum atomic E-state index is -0.950. The molecule has 1 aromatic carbocycles. The zero-order chi connectivity index (χ0) is 23.7. The van der Waals surface area contributed by atoms with Gasteiger partial charge >= 0.3 is 5.63 Å². The van der Waals surface area contributed by atoms with Crippen molar-refractivity contribution in [2.75, 3.05) is 31.1 Å². The van der Waals surface area contributed by atoms with Crippen molar-refractivity contribution in [3.05, 3.63) is 40.2 Å². The van der Waals surface area contributed by atoms with E-state index in [9.17, 15) is 19.2 Å². The van der Waals surface area contributed by atoms with E-state index >= 15 is 0 Å². The van der Waals surface area contributed by atoms with Crippen LogP contribution in [0.1, 0.15) is 43.5 Å². The van der Waals surface area contributed by atoms with E-state index in [4.69, 9.17) is 15.9 Å². The van der Waals surface area contributed by atoms with Gasteiger partial charge in [-0.3, -0.25) is 14.4 Å². The number of carbonyl (C=O) groups excluding carboxylic acids is 3. The number of primary amides is 1. The largest absolute Gasteiger partial charge is 0.422 e. The van der Waals surface area contributed by atoms with Gasteiger partial charge in [0.15, 0.2) is 0 Å². The highest BCUT2D eigenvalue weighted by molar-refractivity contribution is 5.99. The maximum atomic E-state index is 12.8. The molecule has 0 saturated carbocycles. The Morgan fingerprint density at radius 1 is 1.12 bits per heavy atom. The smallest absolute Gasteiger partial charge is 0.349 e. The summed E-state index contributed by atoms with van der Waals surface area (Å²) in [4.78, 5) is 50.7. The zero-order valence-electron chi connectivity index (χ0n) is 18.5. The Morgan fingerprint density at radius 2 is 1.84 bits per heavy atom. The van der Waals surface area contributed by atoms with Crippen molar-refractivity contribution in [1.29, 1.82) is 0 Å². The highest BCUT2D eigenvalue weighted by Gasteiger charge is 2.23. The van der Waals surface area contributed by atoms with E-state index < -0.39 is 29.4 Å². The molecule has 3 amide bonds. The molecule has 2 rings (SSSR count). The van der Waals surface area contributed by atoms with Crippen LogP contribution in [-0.4, -0.2) is 49.9 Å². The van der Waals surface area contributed by atoms with Gasteiger partial charge in [0.1, 0.15) is 17.2 Å². The summed E-state index contributed by atoms with van der Waals surface area (Å²) in [6.45, 7) is 5.75. The van der Waals surface area contributed by atoms with Gasteiger partial charge in [0.05, 0.1) is 6.54 Å². The lowest BCUT2D eigenvalue weighted by Gasteiger charge is -2.21. The van der Waals surface area contributed by atoms with Gasteiger partial charge in [-0.15, -0.1) is 0 Å². The number of hydrogen-bond acceptors (Lipinski definition) is 7. The number of anilines is 1. The quantitative estimate of drug-likeness (QED) is 0.273. The van der Waals surface area contributed by atoms with E-state index in [0.717, 1.165) is 18.8 Å². The fourth-order valence-corrected chi connectivity index (χ4v) is 3.34. The van der Waals surface area contributed by atoms with Crippen molar-refractivity contribution in [2.24, 2.45) is 11.5 Å². The van der Waals surface area contributed by atoms with Crippen molar-refractivity contribution in [3.63, 3.8) is 0 Å². The van der Waals surface area contributed by atoms with Crippen LogP contribution < -0.4 is 32.6 Å². The predicted molar refractivity (Wildman–Crippen MR) is 122 cm³/mol. The van der Waals surface area contributed by atoms with Gasteiger partial charge in [-0.05, 0) is 57.9 Å². The maximum Gasteiger partial charge on any atom is 0.349 e. The summed E-state index contributed by atoms with van der Waals surface area (Å²) in [5.74, 6) is -2.01. The molecule has 1 heterocycles. The first kappa shape index (κ1) is 24.9. The molecule has 0 fully saturated rings. The number of hydrogen-bond donors (Lipinski definition) is 4. The van der Waals surface area contributed by atoms with Crippen LogP contribution in [0.3, 0.4) is 0 Å². The van der Waals surface area contributed by atoms with Crippen molar-refractivity contribution in [1.82, 2.24) is 10.6 Å². The first-order chi connectivity index (χ1) is 15.3. The number of unbranched alkanes of at least 4 members (excludes halogenated alkanes) is 1. The minimum Gasteiger partial charge on any atom is -0.422 e. The van der Waals surface area contributed by atoms with Gasteiger partial charge in [0, 0.05) is 30.2 Å². The van der Waals surface area contributed by atoms with Crippen LogP contribution in [0.25, 0.3) is 11.0 Å². The second-order valence-electron chi connectivity index (χ2n) is 7.34. The molecule has 10 heteroatoms. The molecular formula is C22H31N5O5. The number of nitrogens with zero attached hydrogens (tertiary/aromatic N) is 1. The number of fused-ring (bicyclic) bond motifs is 1. The Kier molecular flexibility index (Phi) is 9.21. The van der Waals surface area contributed by atoms with Gasteiger partial charge in [-0.2, -0.15) is 0 Å². The number of benzene rings is 1. The molecule has 0 spiro atoms. The van der Waals surface area contributed by atoms with Crippen molar-refractivity contribution in [3.8, 4) is 0 Å². The molecule has 2 aromatic rings. The summed E-state index contributed by atoms with van der Waals surface area (Å²) in [5.41, 5.74) is 10.8. The Labute approximate surface area is 186 Å².